The Labute approximate surface area is 81.5 Å². The summed E-state index contributed by atoms with van der Waals surface area (Å²) in [6, 6.07) is 0.0680. The van der Waals surface area contributed by atoms with E-state index < -0.39 is 0 Å². The Kier molecular flexibility index (Phi) is 3.70. The summed E-state index contributed by atoms with van der Waals surface area (Å²) in [5.74, 6) is 0.256. The topological polar surface area (TPSA) is 59.9 Å². The molecule has 0 atom stereocenters. The molecular weight excluding hydrogens is 192 g/mol. The lowest BCUT2D eigenvalue weighted by Gasteiger charge is -2.03. The largest absolute Gasteiger partial charge is 0.463 e. The molecule has 0 fully saturated rings. The maximum absolute atomic E-state index is 5.56. The van der Waals surface area contributed by atoms with E-state index in [0.717, 1.165) is 0 Å². The van der Waals surface area contributed by atoms with Crippen LogP contribution in [0.1, 0.15) is 0 Å². The molecule has 0 aromatic carbocycles. The van der Waals surface area contributed by atoms with Crippen molar-refractivity contribution >= 4 is 17.5 Å². The van der Waals surface area contributed by atoms with E-state index in [4.69, 9.17) is 30.2 Å². The van der Waals surface area contributed by atoms with Crippen molar-refractivity contribution in [2.75, 3.05) is 18.5 Å². The predicted octanol–water partition coefficient (Wildman–Crippen LogP) is 0.738. The van der Waals surface area contributed by atoms with E-state index in [1.165, 1.54) is 0 Å². The van der Waals surface area contributed by atoms with Gasteiger partial charge in [-0.1, -0.05) is 0 Å². The average molecular weight is 199 g/mol. The van der Waals surface area contributed by atoms with Crippen LogP contribution in [0.5, 0.6) is 6.01 Å². The van der Waals surface area contributed by atoms with Crippen molar-refractivity contribution in [3.63, 3.8) is 0 Å². The average Bonchev–Trinajstić information content (AvgIpc) is 2.04. The first kappa shape index (κ1) is 9.98. The Morgan fingerprint density at radius 2 is 2.08 bits per heavy atom. The first-order valence-corrected chi connectivity index (χ1v) is 3.82. The molecule has 0 saturated heterocycles. The molecule has 4 radical (unpaired) electrons. The Bertz CT molecular complexity index is 257. The van der Waals surface area contributed by atoms with Crippen molar-refractivity contribution in [3.8, 4) is 6.01 Å². The summed E-state index contributed by atoms with van der Waals surface area (Å²) in [6.07, 6.45) is 0. The summed E-state index contributed by atoms with van der Waals surface area (Å²) < 4.78 is 4.82. The van der Waals surface area contributed by atoms with Crippen LogP contribution in [0.2, 0.25) is 5.28 Å². The van der Waals surface area contributed by atoms with Gasteiger partial charge in [0.05, 0.1) is 6.61 Å². The molecule has 5 nitrogen and oxygen atoms in total. The molecule has 0 aliphatic heterocycles. The Morgan fingerprint density at radius 1 is 1.31 bits per heavy atom. The number of anilines is 1. The van der Waals surface area contributed by atoms with Gasteiger partial charge in [-0.05, 0) is 18.5 Å². The Morgan fingerprint density at radius 3 is 2.69 bits per heavy atom. The molecule has 0 aliphatic rings. The van der Waals surface area contributed by atoms with Gasteiger partial charge in [-0.15, -0.1) is 0 Å². The minimum Gasteiger partial charge on any atom is -0.463 e. The second-order valence-electron chi connectivity index (χ2n) is 1.90. The van der Waals surface area contributed by atoms with Crippen LogP contribution in [0.25, 0.3) is 0 Å². The van der Waals surface area contributed by atoms with E-state index >= 15 is 0 Å². The number of hydrogen-bond acceptors (Lipinski definition) is 5. The molecule has 68 valence electrons. The lowest BCUT2D eigenvalue weighted by molar-refractivity contribution is 0.330. The first-order chi connectivity index (χ1) is 6.26. The molecule has 0 bridgehead atoms. The quantitative estimate of drug-likeness (QED) is 0.773. The van der Waals surface area contributed by atoms with Crippen LogP contribution in [0.4, 0.5) is 5.95 Å². The van der Waals surface area contributed by atoms with Crippen molar-refractivity contribution in [1.29, 1.82) is 0 Å². The third-order valence-corrected chi connectivity index (χ3v) is 1.23. The zero-order chi connectivity index (χ0) is 9.68. The van der Waals surface area contributed by atoms with E-state index in [2.05, 4.69) is 20.3 Å². The molecule has 1 N–H and O–H groups in total. The van der Waals surface area contributed by atoms with E-state index in [1.807, 2.05) is 0 Å². The second kappa shape index (κ2) is 4.81. The minimum absolute atomic E-state index is 0.0226. The molecular formula is C7H7ClN4O. The molecule has 0 spiro atoms. The highest BCUT2D eigenvalue weighted by atomic mass is 35.5. The highest BCUT2D eigenvalue weighted by molar-refractivity contribution is 6.28. The number of nitrogens with zero attached hydrogens (tertiary/aromatic N) is 3. The van der Waals surface area contributed by atoms with Crippen LogP contribution in [-0.2, 0) is 0 Å². The van der Waals surface area contributed by atoms with Gasteiger partial charge in [-0.25, -0.2) is 0 Å². The maximum atomic E-state index is 5.56. The lowest BCUT2D eigenvalue weighted by Crippen LogP contribution is -2.06. The fourth-order valence-corrected chi connectivity index (χ4v) is 0.794. The summed E-state index contributed by atoms with van der Waals surface area (Å²) in [4.78, 5) is 11.2. The maximum Gasteiger partial charge on any atom is 0.322 e. The fraction of sp³-hybridized carbons (Fsp3) is 0.286. The summed E-state index contributed by atoms with van der Waals surface area (Å²) >= 11 is 5.56. The molecule has 0 aliphatic carbocycles. The molecule has 1 aromatic rings. The Balaban J connectivity index is 2.83. The van der Waals surface area contributed by atoms with Crippen LogP contribution < -0.4 is 10.1 Å². The van der Waals surface area contributed by atoms with Crippen molar-refractivity contribution in [2.45, 2.75) is 0 Å². The van der Waals surface area contributed by atoms with Gasteiger partial charge in [-0.2, -0.15) is 15.0 Å². The van der Waals surface area contributed by atoms with Gasteiger partial charge >= 0.3 is 6.01 Å². The predicted molar refractivity (Wildman–Crippen MR) is 47.4 cm³/mol. The number of ether oxygens (including phenoxy) is 1. The van der Waals surface area contributed by atoms with Crippen molar-refractivity contribution < 1.29 is 4.74 Å². The van der Waals surface area contributed by atoms with Crippen molar-refractivity contribution in [3.05, 3.63) is 19.1 Å². The standard InChI is InChI=1S/C7H7ClN4O/c1-3-9-6-10-5(8)11-7(12-6)13-4-2/h1-2H,3-4H2,(H,9,10,11,12). The van der Waals surface area contributed by atoms with Crippen LogP contribution >= 0.6 is 11.6 Å². The minimum atomic E-state index is -0.0254. The lowest BCUT2D eigenvalue weighted by atomic mass is 10.7. The molecule has 0 unspecified atom stereocenters. The third kappa shape index (κ3) is 3.02. The molecule has 0 amide bonds. The van der Waals surface area contributed by atoms with Gasteiger partial charge < -0.3 is 10.1 Å². The number of aromatic nitrogens is 3. The number of nitrogens with one attached hydrogen (secondary N) is 1. The van der Waals surface area contributed by atoms with Crippen molar-refractivity contribution in [1.82, 2.24) is 15.0 Å². The van der Waals surface area contributed by atoms with E-state index in [-0.39, 0.29) is 30.4 Å². The summed E-state index contributed by atoms with van der Waals surface area (Å²) in [6.45, 7) is 10.5. The first-order valence-electron chi connectivity index (χ1n) is 3.44. The Hall–Kier alpha value is -1.10. The van der Waals surface area contributed by atoms with E-state index in [0.29, 0.717) is 0 Å². The van der Waals surface area contributed by atoms with Crippen LogP contribution in [0.3, 0.4) is 0 Å². The molecule has 13 heavy (non-hydrogen) atoms. The highest BCUT2D eigenvalue weighted by Crippen LogP contribution is 2.10. The monoisotopic (exact) mass is 198 g/mol. The zero-order valence-electron chi connectivity index (χ0n) is 6.70. The molecule has 6 heteroatoms. The second-order valence-corrected chi connectivity index (χ2v) is 2.24. The van der Waals surface area contributed by atoms with E-state index in [1.54, 1.807) is 0 Å². The van der Waals surface area contributed by atoms with Gasteiger partial charge in [-0.3, -0.25) is 0 Å². The fourth-order valence-electron chi connectivity index (χ4n) is 0.641. The van der Waals surface area contributed by atoms with E-state index in [9.17, 15) is 0 Å². The van der Waals surface area contributed by atoms with Crippen LogP contribution in [0.15, 0.2) is 0 Å². The summed E-state index contributed by atoms with van der Waals surface area (Å²) in [5, 5.41) is 2.68. The van der Waals surface area contributed by atoms with Crippen LogP contribution in [-0.4, -0.2) is 28.1 Å². The molecule has 1 heterocycles. The summed E-state index contributed by atoms with van der Waals surface area (Å²) in [7, 11) is 0. The van der Waals surface area contributed by atoms with Crippen molar-refractivity contribution in [2.24, 2.45) is 0 Å². The molecule has 1 rings (SSSR count). The van der Waals surface area contributed by atoms with Crippen LogP contribution in [0, 0.1) is 13.8 Å². The smallest absolute Gasteiger partial charge is 0.322 e. The normalized spacial score (nSPS) is 9.77. The highest BCUT2D eigenvalue weighted by Gasteiger charge is 2.03. The van der Waals surface area contributed by atoms with Gasteiger partial charge in [0.15, 0.2) is 0 Å². The number of rotatable bonds is 4. The summed E-state index contributed by atoms with van der Waals surface area (Å²) in [5.41, 5.74) is 0. The molecule has 0 saturated carbocycles. The SMILES string of the molecule is [CH]CNc1nc(Cl)nc(OC[CH])n1. The third-order valence-electron chi connectivity index (χ3n) is 1.06. The van der Waals surface area contributed by atoms with Gasteiger partial charge in [0.1, 0.15) is 0 Å². The molecule has 1 aromatic heterocycles. The number of halogens is 1. The van der Waals surface area contributed by atoms with Gasteiger partial charge in [0.25, 0.3) is 0 Å². The van der Waals surface area contributed by atoms with Gasteiger partial charge in [0.2, 0.25) is 11.2 Å². The zero-order valence-corrected chi connectivity index (χ0v) is 7.45. The van der Waals surface area contributed by atoms with Gasteiger partial charge in [0, 0.05) is 13.5 Å². The number of hydrogen-bond donors (Lipinski definition) is 1.